The third-order valence-corrected chi connectivity index (χ3v) is 5.00. The summed E-state index contributed by atoms with van der Waals surface area (Å²) in [6, 6.07) is 11.3. The number of nitrogens with one attached hydrogen (secondary N) is 2. The summed E-state index contributed by atoms with van der Waals surface area (Å²) in [6.07, 6.45) is -0.910. The summed E-state index contributed by atoms with van der Waals surface area (Å²) in [7, 11) is 0. The molecule has 0 aliphatic rings. The molecule has 0 aliphatic carbocycles. The molecule has 0 spiro atoms. The summed E-state index contributed by atoms with van der Waals surface area (Å²) < 4.78 is 5.59. The maximum atomic E-state index is 12.8. The van der Waals surface area contributed by atoms with Crippen LogP contribution in [0.3, 0.4) is 0 Å². The number of aromatic nitrogens is 1. The van der Waals surface area contributed by atoms with Gasteiger partial charge in [-0.05, 0) is 36.8 Å². The van der Waals surface area contributed by atoms with Crippen LogP contribution in [-0.4, -0.2) is 28.6 Å². The SMILES string of the molecule is CCOC(C(=O)NCc1cc(Cl)cc2cc(C(=O)O)c(=O)[nH]c12)c1ccccc1Cl. The van der Waals surface area contributed by atoms with E-state index in [1.54, 1.807) is 37.3 Å². The number of aromatic amines is 1. The van der Waals surface area contributed by atoms with Crippen molar-refractivity contribution >= 4 is 46.0 Å². The Labute approximate surface area is 181 Å². The van der Waals surface area contributed by atoms with Gasteiger partial charge in [0.15, 0.2) is 6.10 Å². The van der Waals surface area contributed by atoms with E-state index in [1.165, 1.54) is 12.1 Å². The van der Waals surface area contributed by atoms with Crippen molar-refractivity contribution in [3.8, 4) is 0 Å². The number of H-pyrrole nitrogens is 1. The summed E-state index contributed by atoms with van der Waals surface area (Å²) in [5, 5.41) is 13.1. The number of carboxylic acids is 1. The van der Waals surface area contributed by atoms with Gasteiger partial charge < -0.3 is 20.1 Å². The molecule has 0 radical (unpaired) electrons. The molecular weight excluding hydrogens is 431 g/mol. The van der Waals surface area contributed by atoms with Crippen LogP contribution in [0.2, 0.25) is 10.0 Å². The van der Waals surface area contributed by atoms with E-state index in [4.69, 9.17) is 33.0 Å². The monoisotopic (exact) mass is 448 g/mol. The van der Waals surface area contributed by atoms with E-state index in [-0.39, 0.29) is 6.54 Å². The molecule has 1 heterocycles. The average Bonchev–Trinajstić information content (AvgIpc) is 2.70. The van der Waals surface area contributed by atoms with Crippen LogP contribution in [0, 0.1) is 0 Å². The number of carbonyl (C=O) groups is 2. The van der Waals surface area contributed by atoms with E-state index in [0.29, 0.717) is 38.7 Å². The van der Waals surface area contributed by atoms with Gasteiger partial charge >= 0.3 is 5.97 Å². The molecule has 156 valence electrons. The van der Waals surface area contributed by atoms with Crippen LogP contribution < -0.4 is 10.9 Å². The van der Waals surface area contributed by atoms with E-state index < -0.39 is 29.1 Å². The number of fused-ring (bicyclic) bond motifs is 1. The van der Waals surface area contributed by atoms with Gasteiger partial charge in [-0.25, -0.2) is 4.79 Å². The summed E-state index contributed by atoms with van der Waals surface area (Å²) in [6.45, 7) is 2.10. The molecular formula is C21H18Cl2N2O5. The highest BCUT2D eigenvalue weighted by atomic mass is 35.5. The summed E-state index contributed by atoms with van der Waals surface area (Å²) in [4.78, 5) is 38.7. The van der Waals surface area contributed by atoms with Crippen molar-refractivity contribution in [3.05, 3.63) is 79.6 Å². The minimum atomic E-state index is -1.34. The molecule has 1 amide bonds. The number of benzene rings is 2. The fourth-order valence-corrected chi connectivity index (χ4v) is 3.57. The van der Waals surface area contributed by atoms with Gasteiger partial charge in [0.25, 0.3) is 11.5 Å². The molecule has 0 bridgehead atoms. The number of hydrogen-bond donors (Lipinski definition) is 3. The first-order valence-electron chi connectivity index (χ1n) is 9.04. The van der Waals surface area contributed by atoms with Crippen LogP contribution in [0.25, 0.3) is 10.9 Å². The maximum absolute atomic E-state index is 12.8. The summed E-state index contributed by atoms with van der Waals surface area (Å²) in [5.41, 5.74) is 0.312. The highest BCUT2D eigenvalue weighted by Crippen LogP contribution is 2.26. The first-order chi connectivity index (χ1) is 14.3. The lowest BCUT2D eigenvalue weighted by atomic mass is 10.1. The fraction of sp³-hybridized carbons (Fsp3) is 0.190. The Morgan fingerprint density at radius 2 is 1.93 bits per heavy atom. The number of aromatic carboxylic acids is 1. The Balaban J connectivity index is 1.91. The molecule has 0 aliphatic heterocycles. The summed E-state index contributed by atoms with van der Waals surface area (Å²) >= 11 is 12.4. The Kier molecular flexibility index (Phi) is 6.77. The van der Waals surface area contributed by atoms with Crippen molar-refractivity contribution in [1.29, 1.82) is 0 Å². The lowest BCUT2D eigenvalue weighted by molar-refractivity contribution is -0.133. The van der Waals surface area contributed by atoms with Gasteiger partial charge in [0.05, 0.1) is 5.52 Å². The largest absolute Gasteiger partial charge is 0.477 e. The number of halogens is 2. The number of carboxylic acid groups (broad SMARTS) is 1. The summed E-state index contributed by atoms with van der Waals surface area (Å²) in [5.74, 6) is -1.75. The van der Waals surface area contributed by atoms with E-state index in [2.05, 4.69) is 10.3 Å². The van der Waals surface area contributed by atoms with Crippen molar-refractivity contribution < 1.29 is 19.4 Å². The van der Waals surface area contributed by atoms with Crippen LogP contribution in [0.5, 0.6) is 0 Å². The zero-order valence-electron chi connectivity index (χ0n) is 15.9. The van der Waals surface area contributed by atoms with Gasteiger partial charge in [-0.3, -0.25) is 9.59 Å². The van der Waals surface area contributed by atoms with Gasteiger partial charge in [0, 0.05) is 34.1 Å². The number of rotatable bonds is 7. The second-order valence-electron chi connectivity index (χ2n) is 6.42. The number of pyridine rings is 1. The van der Waals surface area contributed by atoms with Crippen molar-refractivity contribution in [3.63, 3.8) is 0 Å². The molecule has 3 aromatic rings. The zero-order chi connectivity index (χ0) is 21.8. The molecule has 9 heteroatoms. The van der Waals surface area contributed by atoms with E-state index in [0.717, 1.165) is 0 Å². The molecule has 7 nitrogen and oxygen atoms in total. The van der Waals surface area contributed by atoms with Gasteiger partial charge in [0.1, 0.15) is 5.56 Å². The van der Waals surface area contributed by atoms with Gasteiger partial charge in [-0.1, -0.05) is 41.4 Å². The molecule has 3 N–H and O–H groups in total. The first kappa shape index (κ1) is 21.8. The third-order valence-electron chi connectivity index (χ3n) is 4.44. The topological polar surface area (TPSA) is 108 Å². The predicted molar refractivity (Wildman–Crippen MR) is 114 cm³/mol. The first-order valence-corrected chi connectivity index (χ1v) is 9.80. The second-order valence-corrected chi connectivity index (χ2v) is 7.26. The minimum Gasteiger partial charge on any atom is -0.477 e. The van der Waals surface area contributed by atoms with Gasteiger partial charge in [-0.2, -0.15) is 0 Å². The lowest BCUT2D eigenvalue weighted by Crippen LogP contribution is -2.31. The minimum absolute atomic E-state index is 0.0340. The molecule has 0 fully saturated rings. The molecule has 0 saturated heterocycles. The van der Waals surface area contributed by atoms with E-state index in [9.17, 15) is 14.4 Å². The van der Waals surface area contributed by atoms with Crippen LogP contribution in [-0.2, 0) is 16.1 Å². The molecule has 3 rings (SSSR count). The van der Waals surface area contributed by atoms with Crippen LogP contribution in [0.4, 0.5) is 0 Å². The van der Waals surface area contributed by atoms with E-state index >= 15 is 0 Å². The van der Waals surface area contributed by atoms with Crippen molar-refractivity contribution in [2.75, 3.05) is 6.61 Å². The van der Waals surface area contributed by atoms with Gasteiger partial charge in [0.2, 0.25) is 0 Å². The highest BCUT2D eigenvalue weighted by molar-refractivity contribution is 6.32. The standard InChI is InChI=1S/C21H18Cl2N2O5/c1-2-30-18(14-5-3-4-6-16(14)23)20(27)24-10-12-8-13(22)7-11-9-15(21(28)29)19(26)25-17(11)12/h3-9,18H,2,10H2,1H3,(H,24,27)(H,25,26)(H,28,29). The van der Waals surface area contributed by atoms with Crippen molar-refractivity contribution in [1.82, 2.24) is 10.3 Å². The normalized spacial score (nSPS) is 12.0. The quantitative estimate of drug-likeness (QED) is 0.507. The number of ether oxygens (including phenoxy) is 1. The number of amides is 1. The molecule has 2 aromatic carbocycles. The highest BCUT2D eigenvalue weighted by Gasteiger charge is 2.23. The van der Waals surface area contributed by atoms with E-state index in [1.807, 2.05) is 0 Å². The van der Waals surface area contributed by atoms with Crippen molar-refractivity contribution in [2.24, 2.45) is 0 Å². The molecule has 1 atom stereocenters. The molecule has 0 saturated carbocycles. The Bertz CT molecular complexity index is 1180. The fourth-order valence-electron chi connectivity index (χ4n) is 3.09. The van der Waals surface area contributed by atoms with Crippen LogP contribution >= 0.6 is 23.2 Å². The Morgan fingerprint density at radius 1 is 1.20 bits per heavy atom. The maximum Gasteiger partial charge on any atom is 0.341 e. The number of hydrogen-bond acceptors (Lipinski definition) is 4. The van der Waals surface area contributed by atoms with Crippen molar-refractivity contribution in [2.45, 2.75) is 19.6 Å². The smallest absolute Gasteiger partial charge is 0.341 e. The molecule has 1 unspecified atom stereocenters. The number of carbonyl (C=O) groups excluding carboxylic acids is 1. The van der Waals surface area contributed by atoms with Gasteiger partial charge in [-0.15, -0.1) is 0 Å². The molecule has 30 heavy (non-hydrogen) atoms. The van der Waals surface area contributed by atoms with Crippen LogP contribution in [0.15, 0.2) is 47.3 Å². The van der Waals surface area contributed by atoms with Crippen LogP contribution in [0.1, 0.15) is 34.5 Å². The third kappa shape index (κ3) is 4.64. The molecule has 1 aromatic heterocycles. The Morgan fingerprint density at radius 3 is 2.60 bits per heavy atom. The zero-order valence-corrected chi connectivity index (χ0v) is 17.4. The second kappa shape index (κ2) is 9.30. The lowest BCUT2D eigenvalue weighted by Gasteiger charge is -2.19. The Hall–Kier alpha value is -2.87. The average molecular weight is 449 g/mol. The predicted octanol–water partition coefficient (Wildman–Crippen LogP) is 3.93.